The quantitative estimate of drug-likeness (QED) is 0.338. The SMILES string of the molecule is O=c1[nH]c(=O)n([C@H]2C[C@H](O)[C@@H](COP(=O)(O)O)O2)cc1CC1CO1. The molecule has 0 amide bonds. The molecule has 24 heavy (non-hydrogen) atoms. The summed E-state index contributed by atoms with van der Waals surface area (Å²) in [6.07, 6.45) is -1.28. The van der Waals surface area contributed by atoms with Crippen molar-refractivity contribution in [2.24, 2.45) is 0 Å². The lowest BCUT2D eigenvalue weighted by Gasteiger charge is -2.16. The number of aliphatic hydroxyl groups excluding tert-OH is 1. The third-order valence-electron chi connectivity index (χ3n) is 3.81. The summed E-state index contributed by atoms with van der Waals surface area (Å²) in [6.45, 7) is 0.0296. The molecule has 2 aliphatic rings. The monoisotopic (exact) mass is 364 g/mol. The highest BCUT2D eigenvalue weighted by molar-refractivity contribution is 7.46. The van der Waals surface area contributed by atoms with Gasteiger partial charge in [0.15, 0.2) is 0 Å². The third-order valence-corrected chi connectivity index (χ3v) is 4.30. The summed E-state index contributed by atoms with van der Waals surface area (Å²) in [5.41, 5.74) is -0.856. The van der Waals surface area contributed by atoms with E-state index in [-0.39, 0.29) is 12.5 Å². The standard InChI is InChI=1S/C12H17N2O9P/c15-8-2-10(23-9(8)5-22-24(18,19)20)14-3-6(1-7-4-21-7)11(16)13-12(14)17/h3,7-10,15H,1-2,4-5H2,(H,13,16,17)(H2,18,19,20)/t7?,8-,9+,10+/m0/s1. The first-order valence-corrected chi connectivity index (χ1v) is 8.75. The van der Waals surface area contributed by atoms with E-state index in [1.54, 1.807) is 0 Å². The van der Waals surface area contributed by atoms with Gasteiger partial charge in [0, 0.05) is 24.6 Å². The summed E-state index contributed by atoms with van der Waals surface area (Å²) in [7, 11) is -4.69. The van der Waals surface area contributed by atoms with Crippen molar-refractivity contribution in [3.8, 4) is 0 Å². The molecular formula is C12H17N2O9P. The van der Waals surface area contributed by atoms with Gasteiger partial charge in [-0.1, -0.05) is 0 Å². The Balaban J connectivity index is 1.75. The minimum absolute atomic E-state index is 0.0144. The number of epoxide rings is 1. The summed E-state index contributed by atoms with van der Waals surface area (Å²) in [5.74, 6) is 0. The molecular weight excluding hydrogens is 347 g/mol. The maximum atomic E-state index is 12.0. The molecule has 0 radical (unpaired) electrons. The molecule has 11 nitrogen and oxygen atoms in total. The van der Waals surface area contributed by atoms with E-state index in [2.05, 4.69) is 9.51 Å². The van der Waals surface area contributed by atoms with E-state index in [0.717, 1.165) is 4.57 Å². The smallest absolute Gasteiger partial charge is 0.390 e. The van der Waals surface area contributed by atoms with Gasteiger partial charge in [-0.3, -0.25) is 18.9 Å². The highest BCUT2D eigenvalue weighted by atomic mass is 31.2. The molecule has 134 valence electrons. The second-order valence-corrected chi connectivity index (χ2v) is 6.94. The molecule has 0 saturated carbocycles. The van der Waals surface area contributed by atoms with Gasteiger partial charge in [0.25, 0.3) is 5.56 Å². The summed E-state index contributed by atoms with van der Waals surface area (Å²) in [4.78, 5) is 43.3. The Hall–Kier alpha value is -1.33. The Morgan fingerprint density at radius 1 is 1.42 bits per heavy atom. The van der Waals surface area contributed by atoms with Crippen LogP contribution in [0.3, 0.4) is 0 Å². The second kappa shape index (κ2) is 6.52. The van der Waals surface area contributed by atoms with Gasteiger partial charge in [-0.2, -0.15) is 0 Å². The number of ether oxygens (including phenoxy) is 2. The van der Waals surface area contributed by atoms with E-state index >= 15 is 0 Å². The average molecular weight is 364 g/mol. The number of rotatable bonds is 6. The summed E-state index contributed by atoms with van der Waals surface area (Å²) in [5, 5.41) is 9.92. The van der Waals surface area contributed by atoms with Crippen LogP contribution in [0.15, 0.2) is 15.8 Å². The van der Waals surface area contributed by atoms with Crippen molar-refractivity contribution >= 4 is 7.82 Å². The van der Waals surface area contributed by atoms with Crippen LogP contribution in [0.5, 0.6) is 0 Å². The van der Waals surface area contributed by atoms with E-state index in [9.17, 15) is 19.3 Å². The fourth-order valence-electron chi connectivity index (χ4n) is 2.52. The minimum atomic E-state index is -4.69. The van der Waals surface area contributed by atoms with Gasteiger partial charge < -0.3 is 24.4 Å². The van der Waals surface area contributed by atoms with Crippen molar-refractivity contribution in [2.45, 2.75) is 37.4 Å². The number of hydrogen-bond donors (Lipinski definition) is 4. The molecule has 0 aliphatic carbocycles. The number of hydrogen-bond acceptors (Lipinski definition) is 7. The fraction of sp³-hybridized carbons (Fsp3) is 0.667. The van der Waals surface area contributed by atoms with Crippen molar-refractivity contribution in [2.75, 3.05) is 13.2 Å². The van der Waals surface area contributed by atoms with Gasteiger partial charge in [-0.15, -0.1) is 0 Å². The number of aliphatic hydroxyl groups is 1. The Labute approximate surface area is 135 Å². The van der Waals surface area contributed by atoms with Crippen molar-refractivity contribution in [1.82, 2.24) is 9.55 Å². The maximum absolute atomic E-state index is 12.0. The number of nitrogens with zero attached hydrogens (tertiary/aromatic N) is 1. The van der Waals surface area contributed by atoms with Gasteiger partial charge in [0.2, 0.25) is 0 Å². The van der Waals surface area contributed by atoms with Crippen LogP contribution in [0.25, 0.3) is 0 Å². The average Bonchev–Trinajstić information content (AvgIpc) is 3.21. The van der Waals surface area contributed by atoms with Crippen LogP contribution >= 0.6 is 7.82 Å². The molecule has 0 bridgehead atoms. The van der Waals surface area contributed by atoms with Gasteiger partial charge in [0.05, 0.1) is 25.4 Å². The molecule has 1 unspecified atom stereocenters. The third kappa shape index (κ3) is 4.19. The zero-order valence-corrected chi connectivity index (χ0v) is 13.3. The Morgan fingerprint density at radius 2 is 2.12 bits per heavy atom. The van der Waals surface area contributed by atoms with Crippen molar-refractivity contribution in [3.63, 3.8) is 0 Å². The zero-order chi connectivity index (χ0) is 17.5. The van der Waals surface area contributed by atoms with Crippen LogP contribution in [-0.2, 0) is 25.0 Å². The summed E-state index contributed by atoms with van der Waals surface area (Å²) in [6, 6.07) is 0. The lowest BCUT2D eigenvalue weighted by molar-refractivity contribution is -0.0451. The highest BCUT2D eigenvalue weighted by Gasteiger charge is 2.37. The van der Waals surface area contributed by atoms with Gasteiger partial charge >= 0.3 is 13.5 Å². The van der Waals surface area contributed by atoms with Crippen molar-refractivity contribution in [1.29, 1.82) is 0 Å². The predicted molar refractivity (Wildman–Crippen MR) is 77.3 cm³/mol. The van der Waals surface area contributed by atoms with E-state index in [1.165, 1.54) is 6.20 Å². The number of nitrogens with one attached hydrogen (secondary N) is 1. The molecule has 1 aromatic rings. The normalized spacial score (nSPS) is 29.8. The molecule has 1 aromatic heterocycles. The van der Waals surface area contributed by atoms with E-state index in [1.807, 2.05) is 0 Å². The van der Waals surface area contributed by atoms with Crippen molar-refractivity contribution in [3.05, 3.63) is 32.6 Å². The van der Waals surface area contributed by atoms with E-state index in [0.29, 0.717) is 18.6 Å². The van der Waals surface area contributed by atoms with Gasteiger partial charge in [-0.25, -0.2) is 9.36 Å². The summed E-state index contributed by atoms with van der Waals surface area (Å²) < 4.78 is 26.7. The molecule has 2 aliphatic heterocycles. The molecule has 4 atom stereocenters. The number of phosphoric ester groups is 1. The molecule has 12 heteroatoms. The largest absolute Gasteiger partial charge is 0.469 e. The maximum Gasteiger partial charge on any atom is 0.469 e. The zero-order valence-electron chi connectivity index (χ0n) is 12.4. The Bertz CT molecular complexity index is 765. The first-order valence-electron chi connectivity index (χ1n) is 7.22. The molecule has 4 N–H and O–H groups in total. The van der Waals surface area contributed by atoms with Crippen LogP contribution in [-0.4, -0.2) is 56.0 Å². The number of aromatic amines is 1. The van der Waals surface area contributed by atoms with Crippen LogP contribution < -0.4 is 11.2 Å². The lowest BCUT2D eigenvalue weighted by Crippen LogP contribution is -2.34. The van der Waals surface area contributed by atoms with Gasteiger partial charge in [0.1, 0.15) is 12.3 Å². The Kier molecular flexibility index (Phi) is 4.76. The summed E-state index contributed by atoms with van der Waals surface area (Å²) >= 11 is 0. The van der Waals surface area contributed by atoms with Crippen LogP contribution in [0, 0.1) is 0 Å². The first kappa shape index (κ1) is 17.5. The van der Waals surface area contributed by atoms with Crippen LogP contribution in [0.4, 0.5) is 0 Å². The van der Waals surface area contributed by atoms with Crippen LogP contribution in [0.2, 0.25) is 0 Å². The molecule has 0 aromatic carbocycles. The van der Waals surface area contributed by atoms with Gasteiger partial charge in [-0.05, 0) is 0 Å². The van der Waals surface area contributed by atoms with Crippen LogP contribution in [0.1, 0.15) is 18.2 Å². The second-order valence-electron chi connectivity index (χ2n) is 5.70. The molecule has 2 fully saturated rings. The highest BCUT2D eigenvalue weighted by Crippen LogP contribution is 2.38. The fourth-order valence-corrected chi connectivity index (χ4v) is 2.87. The minimum Gasteiger partial charge on any atom is -0.390 e. The lowest BCUT2D eigenvalue weighted by atomic mass is 10.2. The van der Waals surface area contributed by atoms with Crippen molar-refractivity contribution < 1.29 is 33.5 Å². The molecule has 3 rings (SSSR count). The topological polar surface area (TPSA) is 164 Å². The molecule has 0 spiro atoms. The molecule has 2 saturated heterocycles. The first-order chi connectivity index (χ1) is 11.2. The van der Waals surface area contributed by atoms with E-state index < -0.39 is 44.1 Å². The Morgan fingerprint density at radius 3 is 2.75 bits per heavy atom. The van der Waals surface area contributed by atoms with E-state index in [4.69, 9.17) is 19.3 Å². The number of phosphoric acid groups is 1. The molecule has 3 heterocycles. The predicted octanol–water partition coefficient (Wildman–Crippen LogP) is -1.76. The number of aromatic nitrogens is 2. The number of H-pyrrole nitrogens is 1.